The van der Waals surface area contributed by atoms with E-state index in [1.54, 1.807) is 25.3 Å². The molecule has 8 heteroatoms. The molecule has 148 valence electrons. The van der Waals surface area contributed by atoms with Crippen LogP contribution in [-0.2, 0) is 21.1 Å². The van der Waals surface area contributed by atoms with Crippen LogP contribution in [0.15, 0.2) is 46.3 Å². The van der Waals surface area contributed by atoms with Crippen molar-refractivity contribution in [3.63, 3.8) is 0 Å². The van der Waals surface area contributed by atoms with Crippen LogP contribution in [0.4, 0.5) is 5.69 Å². The summed E-state index contributed by atoms with van der Waals surface area (Å²) in [5.74, 6) is 0.717. The number of carbonyl (C=O) groups excluding carboxylic acids is 1. The summed E-state index contributed by atoms with van der Waals surface area (Å²) in [7, 11) is -0.493. The molecule has 0 aliphatic carbocycles. The summed E-state index contributed by atoms with van der Waals surface area (Å²) in [4.78, 5) is 15.7. The Morgan fingerprint density at radius 3 is 2.36 bits per heavy atom. The predicted molar refractivity (Wildman–Crippen MR) is 107 cm³/mol. The number of methoxy groups -OCH3 is 2. The van der Waals surface area contributed by atoms with E-state index < -0.39 is 9.84 Å². The molecule has 2 aromatic carbocycles. The molecule has 0 spiro atoms. The topological polar surface area (TPSA) is 94.1 Å². The second kappa shape index (κ2) is 8.02. The highest BCUT2D eigenvalue weighted by Crippen LogP contribution is 2.33. The van der Waals surface area contributed by atoms with Crippen molar-refractivity contribution in [2.24, 2.45) is 4.99 Å². The van der Waals surface area contributed by atoms with Crippen LogP contribution in [-0.4, -0.2) is 46.6 Å². The van der Waals surface area contributed by atoms with Crippen molar-refractivity contribution >= 4 is 27.1 Å². The molecule has 1 aliphatic rings. The van der Waals surface area contributed by atoms with Crippen molar-refractivity contribution in [1.82, 2.24) is 0 Å². The number of rotatable bonds is 6. The predicted octanol–water partition coefficient (Wildman–Crippen LogP) is 2.48. The summed E-state index contributed by atoms with van der Waals surface area (Å²) < 4.78 is 36.5. The lowest BCUT2D eigenvalue weighted by Gasteiger charge is -2.20. The molecule has 0 radical (unpaired) electrons. The number of nitrogens with one attached hydrogen (secondary N) is 1. The molecule has 0 aromatic heterocycles. The van der Waals surface area contributed by atoms with E-state index in [0.29, 0.717) is 35.9 Å². The van der Waals surface area contributed by atoms with E-state index in [1.165, 1.54) is 26.2 Å². The monoisotopic (exact) mass is 402 g/mol. The van der Waals surface area contributed by atoms with Gasteiger partial charge in [0.2, 0.25) is 5.91 Å². The lowest BCUT2D eigenvalue weighted by Crippen LogP contribution is -2.22. The van der Waals surface area contributed by atoms with Crippen molar-refractivity contribution < 1.29 is 22.7 Å². The Hall–Kier alpha value is -2.87. The minimum atomic E-state index is -3.60. The molecule has 0 bridgehead atoms. The fraction of sp³-hybridized carbons (Fsp3) is 0.300. The van der Waals surface area contributed by atoms with E-state index in [2.05, 4.69) is 10.3 Å². The molecular weight excluding hydrogens is 380 g/mol. The van der Waals surface area contributed by atoms with Gasteiger partial charge in [-0.15, -0.1) is 0 Å². The van der Waals surface area contributed by atoms with Gasteiger partial charge in [-0.1, -0.05) is 0 Å². The van der Waals surface area contributed by atoms with E-state index in [9.17, 15) is 13.2 Å². The average Bonchev–Trinajstić information content (AvgIpc) is 2.67. The van der Waals surface area contributed by atoms with Gasteiger partial charge in [-0.3, -0.25) is 9.79 Å². The maximum atomic E-state index is 12.9. The molecule has 1 N–H and O–H groups in total. The van der Waals surface area contributed by atoms with Gasteiger partial charge in [-0.2, -0.15) is 0 Å². The molecular formula is C20H22N2O5S. The first kappa shape index (κ1) is 19.9. The van der Waals surface area contributed by atoms with Gasteiger partial charge in [0.05, 0.1) is 30.6 Å². The number of fused-ring (bicyclic) bond motifs is 1. The third-order valence-corrected chi connectivity index (χ3v) is 6.11. The normalized spacial score (nSPS) is 13.3. The average molecular weight is 402 g/mol. The quantitative estimate of drug-likeness (QED) is 0.801. The van der Waals surface area contributed by atoms with Crippen LogP contribution in [0.2, 0.25) is 0 Å². The van der Waals surface area contributed by atoms with E-state index in [-0.39, 0.29) is 16.6 Å². The van der Waals surface area contributed by atoms with Crippen molar-refractivity contribution in [2.75, 3.05) is 31.8 Å². The number of sulfone groups is 1. The molecule has 0 saturated heterocycles. The Kier molecular flexibility index (Phi) is 5.69. The van der Waals surface area contributed by atoms with E-state index in [0.717, 1.165) is 11.1 Å². The van der Waals surface area contributed by atoms with Gasteiger partial charge in [-0.25, -0.2) is 8.42 Å². The van der Waals surface area contributed by atoms with Gasteiger partial charge in [-0.05, 0) is 48.4 Å². The first-order chi connectivity index (χ1) is 13.3. The SMILES string of the molecule is COc1cc2c(cc1OC)C(CS(=O)(=O)c1ccc(NC(C)=O)cc1)=NCC2. The summed E-state index contributed by atoms with van der Waals surface area (Å²) in [6.45, 7) is 1.92. The number of hydrogen-bond donors (Lipinski definition) is 1. The van der Waals surface area contributed by atoms with E-state index >= 15 is 0 Å². The first-order valence-electron chi connectivity index (χ1n) is 8.73. The minimum Gasteiger partial charge on any atom is -0.493 e. The lowest BCUT2D eigenvalue weighted by atomic mass is 9.97. The zero-order valence-electron chi connectivity index (χ0n) is 16.0. The number of anilines is 1. The fourth-order valence-corrected chi connectivity index (χ4v) is 4.45. The summed E-state index contributed by atoms with van der Waals surface area (Å²) >= 11 is 0. The van der Waals surface area contributed by atoms with Crippen LogP contribution in [0.1, 0.15) is 18.1 Å². The number of benzene rings is 2. The fourth-order valence-electron chi connectivity index (χ4n) is 3.13. The zero-order chi connectivity index (χ0) is 20.3. The van der Waals surface area contributed by atoms with Gasteiger partial charge in [0.25, 0.3) is 0 Å². The molecule has 1 amide bonds. The van der Waals surface area contributed by atoms with Gasteiger partial charge < -0.3 is 14.8 Å². The molecule has 0 atom stereocenters. The highest BCUT2D eigenvalue weighted by atomic mass is 32.2. The number of ether oxygens (including phenoxy) is 2. The van der Waals surface area contributed by atoms with E-state index in [4.69, 9.17) is 9.47 Å². The standard InChI is InChI=1S/C20H22N2O5S/c1-13(23)22-15-4-6-16(7-5-15)28(24,25)12-18-17-11-20(27-3)19(26-2)10-14(17)8-9-21-18/h4-7,10-11H,8-9,12H2,1-3H3,(H,22,23). The summed E-state index contributed by atoms with van der Waals surface area (Å²) in [6, 6.07) is 9.76. The Morgan fingerprint density at radius 1 is 1.11 bits per heavy atom. The second-order valence-electron chi connectivity index (χ2n) is 6.41. The zero-order valence-corrected chi connectivity index (χ0v) is 16.8. The Balaban J connectivity index is 1.89. The van der Waals surface area contributed by atoms with Gasteiger partial charge in [0.15, 0.2) is 21.3 Å². The highest BCUT2D eigenvalue weighted by Gasteiger charge is 2.24. The minimum absolute atomic E-state index is 0.178. The van der Waals surface area contributed by atoms with Crippen LogP contribution in [0, 0.1) is 0 Å². The third-order valence-electron chi connectivity index (χ3n) is 4.46. The van der Waals surface area contributed by atoms with Crippen LogP contribution in [0.3, 0.4) is 0 Å². The van der Waals surface area contributed by atoms with Crippen LogP contribution >= 0.6 is 0 Å². The largest absolute Gasteiger partial charge is 0.493 e. The molecule has 0 fully saturated rings. The first-order valence-corrected chi connectivity index (χ1v) is 10.4. The number of carbonyl (C=O) groups is 1. The van der Waals surface area contributed by atoms with Gasteiger partial charge in [0.1, 0.15) is 0 Å². The van der Waals surface area contributed by atoms with Crippen LogP contribution in [0.25, 0.3) is 0 Å². The summed E-state index contributed by atoms with van der Waals surface area (Å²) in [6.07, 6.45) is 0.713. The molecule has 0 saturated carbocycles. The van der Waals surface area contributed by atoms with Crippen molar-refractivity contribution in [3.8, 4) is 11.5 Å². The molecule has 7 nitrogen and oxygen atoms in total. The summed E-state index contributed by atoms with van der Waals surface area (Å²) in [5.41, 5.74) is 2.80. The third kappa shape index (κ3) is 4.17. The van der Waals surface area contributed by atoms with Crippen LogP contribution < -0.4 is 14.8 Å². The van der Waals surface area contributed by atoms with Gasteiger partial charge >= 0.3 is 0 Å². The maximum absolute atomic E-state index is 12.9. The number of amides is 1. The Morgan fingerprint density at radius 2 is 1.75 bits per heavy atom. The molecule has 1 aliphatic heterocycles. The number of hydrogen-bond acceptors (Lipinski definition) is 6. The molecule has 28 heavy (non-hydrogen) atoms. The smallest absolute Gasteiger partial charge is 0.221 e. The molecule has 2 aromatic rings. The highest BCUT2D eigenvalue weighted by molar-refractivity contribution is 7.92. The van der Waals surface area contributed by atoms with Gasteiger partial charge in [0, 0.05) is 24.7 Å². The van der Waals surface area contributed by atoms with Crippen molar-refractivity contribution in [1.29, 1.82) is 0 Å². The van der Waals surface area contributed by atoms with Crippen molar-refractivity contribution in [2.45, 2.75) is 18.2 Å². The number of aliphatic imine (C=N–C) groups is 1. The lowest BCUT2D eigenvalue weighted by molar-refractivity contribution is -0.114. The number of nitrogens with zero attached hydrogens (tertiary/aromatic N) is 1. The van der Waals surface area contributed by atoms with E-state index in [1.807, 2.05) is 6.07 Å². The Labute approximate surface area is 164 Å². The molecule has 0 unspecified atom stereocenters. The molecule has 3 rings (SSSR count). The van der Waals surface area contributed by atoms with Crippen LogP contribution in [0.5, 0.6) is 11.5 Å². The molecule has 1 heterocycles. The van der Waals surface area contributed by atoms with Crippen molar-refractivity contribution in [3.05, 3.63) is 47.5 Å². The maximum Gasteiger partial charge on any atom is 0.221 e. The Bertz CT molecular complexity index is 1030. The summed E-state index contributed by atoms with van der Waals surface area (Å²) in [5, 5.41) is 2.62. The second-order valence-corrected chi connectivity index (χ2v) is 8.40.